The number of rotatable bonds is 4. The van der Waals surface area contributed by atoms with Crippen molar-refractivity contribution in [1.29, 1.82) is 0 Å². The number of thiocarbonyl (C=S) groups is 1. The summed E-state index contributed by atoms with van der Waals surface area (Å²) in [5.41, 5.74) is 3.12. The van der Waals surface area contributed by atoms with Crippen molar-refractivity contribution < 1.29 is 9.72 Å². The van der Waals surface area contributed by atoms with E-state index >= 15 is 0 Å². The first-order valence-corrected chi connectivity index (χ1v) is 9.94. The van der Waals surface area contributed by atoms with Gasteiger partial charge in [0.2, 0.25) is 0 Å². The molecule has 0 unspecified atom stereocenters. The van der Waals surface area contributed by atoms with Crippen LogP contribution in [0.15, 0.2) is 71.8 Å². The lowest BCUT2D eigenvalue weighted by atomic mass is 10.2. The molecule has 1 saturated heterocycles. The van der Waals surface area contributed by atoms with E-state index in [0.717, 1.165) is 16.9 Å². The average Bonchev–Trinajstić information content (AvgIpc) is 3.27. The largest absolute Gasteiger partial charge is 0.317 e. The van der Waals surface area contributed by atoms with Gasteiger partial charge in [0, 0.05) is 24.0 Å². The van der Waals surface area contributed by atoms with Crippen LogP contribution in [0.1, 0.15) is 11.3 Å². The van der Waals surface area contributed by atoms with Gasteiger partial charge in [0.15, 0.2) is 4.32 Å². The molecule has 144 valence electrons. The molecule has 2 heterocycles. The summed E-state index contributed by atoms with van der Waals surface area (Å²) in [7, 11) is 0. The van der Waals surface area contributed by atoms with E-state index in [4.69, 9.17) is 12.2 Å². The van der Waals surface area contributed by atoms with Crippen LogP contribution in [0.25, 0.3) is 11.8 Å². The van der Waals surface area contributed by atoms with Gasteiger partial charge in [0.1, 0.15) is 0 Å². The summed E-state index contributed by atoms with van der Waals surface area (Å²) in [4.78, 5) is 25.7. The Morgan fingerprint density at radius 2 is 1.90 bits per heavy atom. The molecule has 1 amide bonds. The van der Waals surface area contributed by atoms with Crippen molar-refractivity contribution in [2.45, 2.75) is 6.92 Å². The highest BCUT2D eigenvalue weighted by atomic mass is 32.2. The zero-order valence-electron chi connectivity index (χ0n) is 15.3. The minimum absolute atomic E-state index is 0.00743. The van der Waals surface area contributed by atoms with Crippen LogP contribution in [-0.2, 0) is 4.79 Å². The second-order valence-corrected chi connectivity index (χ2v) is 8.06. The fraction of sp³-hybridized carbons (Fsp3) is 0.0476. The number of non-ortho nitro benzene ring substituents is 1. The van der Waals surface area contributed by atoms with E-state index in [2.05, 4.69) is 0 Å². The smallest absolute Gasteiger partial charge is 0.271 e. The fourth-order valence-corrected chi connectivity index (χ4v) is 4.40. The molecule has 0 spiro atoms. The molecular formula is C21H15N3O3S2. The van der Waals surface area contributed by atoms with Gasteiger partial charge in [-0.05, 0) is 42.8 Å². The van der Waals surface area contributed by atoms with Gasteiger partial charge in [-0.2, -0.15) is 0 Å². The molecule has 4 rings (SSSR count). The predicted octanol–water partition coefficient (Wildman–Crippen LogP) is 5.10. The van der Waals surface area contributed by atoms with E-state index in [0.29, 0.717) is 14.9 Å². The number of carbonyl (C=O) groups is 1. The van der Waals surface area contributed by atoms with Gasteiger partial charge >= 0.3 is 0 Å². The molecule has 29 heavy (non-hydrogen) atoms. The Kier molecular flexibility index (Phi) is 5.04. The van der Waals surface area contributed by atoms with E-state index in [1.54, 1.807) is 33.9 Å². The van der Waals surface area contributed by atoms with Gasteiger partial charge in [-0.25, -0.2) is 0 Å². The Bertz CT molecular complexity index is 1180. The van der Waals surface area contributed by atoms with Gasteiger partial charge in [-0.15, -0.1) is 0 Å². The number of carbonyl (C=O) groups excluding carboxylic acids is 1. The lowest BCUT2D eigenvalue weighted by Gasteiger charge is -2.16. The van der Waals surface area contributed by atoms with E-state index < -0.39 is 4.92 Å². The molecule has 0 aliphatic carbocycles. The minimum atomic E-state index is -0.431. The molecule has 2 aromatic carbocycles. The Labute approximate surface area is 176 Å². The first-order chi connectivity index (χ1) is 14.0. The van der Waals surface area contributed by atoms with Crippen LogP contribution in [0.5, 0.6) is 0 Å². The molecule has 1 aliphatic rings. The topological polar surface area (TPSA) is 68.4 Å². The maximum Gasteiger partial charge on any atom is 0.271 e. The first kappa shape index (κ1) is 19.1. The summed E-state index contributed by atoms with van der Waals surface area (Å²) < 4.78 is 2.27. The molecule has 3 aromatic rings. The molecular weight excluding hydrogens is 406 g/mol. The van der Waals surface area contributed by atoms with Crippen LogP contribution in [0.2, 0.25) is 0 Å². The molecule has 1 aliphatic heterocycles. The van der Waals surface area contributed by atoms with Crippen molar-refractivity contribution in [2.75, 3.05) is 4.90 Å². The molecule has 1 aromatic heterocycles. The lowest BCUT2D eigenvalue weighted by molar-refractivity contribution is -0.384. The highest BCUT2D eigenvalue weighted by molar-refractivity contribution is 8.27. The Hall–Kier alpha value is -3.23. The van der Waals surface area contributed by atoms with Crippen LogP contribution in [-0.4, -0.2) is 19.7 Å². The number of benzene rings is 2. The van der Waals surface area contributed by atoms with Crippen LogP contribution in [0.3, 0.4) is 0 Å². The van der Waals surface area contributed by atoms with Gasteiger partial charge in [0.05, 0.1) is 21.2 Å². The van der Waals surface area contributed by atoms with Gasteiger partial charge in [0.25, 0.3) is 11.6 Å². The summed E-state index contributed by atoms with van der Waals surface area (Å²) in [5, 5.41) is 11.1. The highest BCUT2D eigenvalue weighted by Crippen LogP contribution is 2.37. The monoisotopic (exact) mass is 421 g/mol. The number of hydrogen-bond acceptors (Lipinski definition) is 5. The summed E-state index contributed by atoms with van der Waals surface area (Å²) in [6.07, 6.45) is 3.56. The van der Waals surface area contributed by atoms with Crippen molar-refractivity contribution in [3.8, 4) is 5.69 Å². The molecule has 6 nitrogen and oxygen atoms in total. The molecule has 8 heteroatoms. The number of anilines is 1. The molecule has 0 saturated carbocycles. The molecule has 0 atom stereocenters. The quantitative estimate of drug-likeness (QED) is 0.254. The zero-order valence-corrected chi connectivity index (χ0v) is 16.9. The normalized spacial score (nSPS) is 15.3. The van der Waals surface area contributed by atoms with Crippen molar-refractivity contribution in [3.05, 3.63) is 93.1 Å². The number of amides is 1. The number of nitrogens with zero attached hydrogens (tertiary/aromatic N) is 3. The summed E-state index contributed by atoms with van der Waals surface area (Å²) in [5.74, 6) is -0.180. The Morgan fingerprint density at radius 3 is 2.66 bits per heavy atom. The Balaban J connectivity index is 1.70. The summed E-state index contributed by atoms with van der Waals surface area (Å²) in [6, 6.07) is 17.6. The number of aromatic nitrogens is 1. The lowest BCUT2D eigenvalue weighted by Crippen LogP contribution is -2.28. The average molecular weight is 422 g/mol. The van der Waals surface area contributed by atoms with Gasteiger partial charge < -0.3 is 4.57 Å². The molecule has 1 fully saturated rings. The number of aryl methyl sites for hydroxylation is 1. The third-order valence-electron chi connectivity index (χ3n) is 4.53. The summed E-state index contributed by atoms with van der Waals surface area (Å²) in [6.45, 7) is 1.94. The van der Waals surface area contributed by atoms with Crippen molar-refractivity contribution in [1.82, 2.24) is 4.57 Å². The van der Waals surface area contributed by atoms with Crippen molar-refractivity contribution in [3.63, 3.8) is 0 Å². The zero-order chi connectivity index (χ0) is 20.5. The van der Waals surface area contributed by atoms with Gasteiger partial charge in [-0.1, -0.05) is 48.2 Å². The van der Waals surface area contributed by atoms with Crippen molar-refractivity contribution >= 4 is 51.7 Å². The standard InChI is InChI=1S/C21H15N3O3S2/c1-14-6-2-3-10-18(14)23-20(25)19(29-21(23)28)13-16-9-5-11-22(16)15-7-4-8-17(12-15)24(26)27/h2-13H,1H3/b19-13-. The van der Waals surface area contributed by atoms with E-state index in [1.807, 2.05) is 43.3 Å². The third-order valence-corrected chi connectivity index (χ3v) is 5.83. The maximum atomic E-state index is 13.0. The van der Waals surface area contributed by atoms with E-state index in [1.165, 1.54) is 23.9 Å². The number of para-hydroxylation sites is 1. The number of hydrogen-bond donors (Lipinski definition) is 0. The molecule has 0 N–H and O–H groups in total. The highest BCUT2D eigenvalue weighted by Gasteiger charge is 2.34. The first-order valence-electron chi connectivity index (χ1n) is 8.71. The van der Waals surface area contributed by atoms with E-state index in [-0.39, 0.29) is 11.6 Å². The molecule has 0 radical (unpaired) electrons. The van der Waals surface area contributed by atoms with Crippen LogP contribution in [0.4, 0.5) is 11.4 Å². The van der Waals surface area contributed by atoms with Crippen LogP contribution >= 0.6 is 24.0 Å². The van der Waals surface area contributed by atoms with Crippen LogP contribution in [0, 0.1) is 17.0 Å². The van der Waals surface area contributed by atoms with Gasteiger partial charge in [-0.3, -0.25) is 19.8 Å². The minimum Gasteiger partial charge on any atom is -0.317 e. The fourth-order valence-electron chi connectivity index (χ4n) is 3.13. The predicted molar refractivity (Wildman–Crippen MR) is 119 cm³/mol. The number of nitro groups is 1. The number of thioether (sulfide) groups is 1. The van der Waals surface area contributed by atoms with Crippen molar-refractivity contribution in [2.24, 2.45) is 0 Å². The second-order valence-electron chi connectivity index (χ2n) is 6.38. The second kappa shape index (κ2) is 7.65. The summed E-state index contributed by atoms with van der Waals surface area (Å²) >= 11 is 6.69. The maximum absolute atomic E-state index is 13.0. The number of nitro benzene ring substituents is 1. The Morgan fingerprint density at radius 1 is 1.10 bits per heavy atom. The molecule has 0 bridgehead atoms. The van der Waals surface area contributed by atoms with Crippen LogP contribution < -0.4 is 4.90 Å². The van der Waals surface area contributed by atoms with E-state index in [9.17, 15) is 14.9 Å². The third kappa shape index (κ3) is 3.59. The SMILES string of the molecule is Cc1ccccc1N1C(=O)/C(=C/c2cccn2-c2cccc([N+](=O)[O-])c2)SC1=S.